The smallest absolute Gasteiger partial charge is 0.186 e. The third-order valence-corrected chi connectivity index (χ3v) is 11.2. The minimum atomic E-state index is -2.68. The van der Waals surface area contributed by atoms with Gasteiger partial charge in [0.05, 0.1) is 6.61 Å². The first-order chi connectivity index (χ1) is 24.2. The second-order valence-electron chi connectivity index (χ2n) is 15.6. The number of aliphatic hydroxyl groups is 3. The van der Waals surface area contributed by atoms with E-state index >= 15 is 0 Å². The van der Waals surface area contributed by atoms with Crippen molar-refractivity contribution >= 4 is 23.1 Å². The van der Waals surface area contributed by atoms with Crippen LogP contribution in [-0.2, 0) is 19.2 Å². The van der Waals surface area contributed by atoms with E-state index in [1.807, 2.05) is 0 Å². The Morgan fingerprint density at radius 1 is 0.520 bits per heavy atom. The number of unbranched alkanes of at least 4 members (excludes halogenated alkanes) is 28. The van der Waals surface area contributed by atoms with Crippen LogP contribution in [0.15, 0.2) is 0 Å². The van der Waals surface area contributed by atoms with Crippen molar-refractivity contribution in [3.63, 3.8) is 0 Å². The van der Waals surface area contributed by atoms with Crippen LogP contribution in [0.3, 0.4) is 0 Å². The molecule has 0 bridgehead atoms. The molecule has 0 aromatic rings. The molecule has 3 N–H and O–H groups in total. The molecule has 0 radical (unpaired) electrons. The predicted octanol–water partition coefficient (Wildman–Crippen LogP) is 10.3. The van der Waals surface area contributed by atoms with Crippen LogP contribution in [0.25, 0.3) is 0 Å². The molecule has 1 saturated carbocycles. The molecular formula is C43H78O7. The largest absolute Gasteiger partial charge is 0.393 e. The molecule has 0 aromatic heterocycles. The van der Waals surface area contributed by atoms with Crippen molar-refractivity contribution in [1.82, 2.24) is 0 Å². The summed E-state index contributed by atoms with van der Waals surface area (Å²) in [7, 11) is 0. The van der Waals surface area contributed by atoms with Gasteiger partial charge in [0, 0.05) is 19.3 Å². The lowest BCUT2D eigenvalue weighted by Crippen LogP contribution is -2.68. The molecule has 0 heterocycles. The summed E-state index contributed by atoms with van der Waals surface area (Å²) in [6, 6.07) is 0. The first-order valence-corrected chi connectivity index (χ1v) is 21.4. The SMILES string of the molecule is CCCCCCCCCCCCCCCCCC(=O)C1(C(=O)CCCCCCCCCCCCCCCCC)CC(=O)C(O)(CO)C(O)C1=O. The number of rotatable bonds is 35. The van der Waals surface area contributed by atoms with E-state index in [-0.39, 0.29) is 12.8 Å². The average molecular weight is 707 g/mol. The lowest BCUT2D eigenvalue weighted by molar-refractivity contribution is -0.185. The van der Waals surface area contributed by atoms with E-state index in [0.717, 1.165) is 51.4 Å². The fourth-order valence-corrected chi connectivity index (χ4v) is 7.63. The average Bonchev–Trinajstić information content (AvgIpc) is 3.11. The van der Waals surface area contributed by atoms with Gasteiger partial charge in [0.2, 0.25) is 0 Å². The topological polar surface area (TPSA) is 129 Å². The lowest BCUT2D eigenvalue weighted by Gasteiger charge is -2.42. The summed E-state index contributed by atoms with van der Waals surface area (Å²) in [5, 5.41) is 30.8. The summed E-state index contributed by atoms with van der Waals surface area (Å²) < 4.78 is 0. The number of hydrogen-bond acceptors (Lipinski definition) is 7. The van der Waals surface area contributed by atoms with Gasteiger partial charge in [-0.3, -0.25) is 19.2 Å². The highest BCUT2D eigenvalue weighted by atomic mass is 16.4. The Bertz CT molecular complexity index is 869. The lowest BCUT2D eigenvalue weighted by atomic mass is 9.60. The Labute approximate surface area is 306 Å². The number of hydrogen-bond donors (Lipinski definition) is 3. The normalized spacial score (nSPS) is 18.9. The maximum Gasteiger partial charge on any atom is 0.186 e. The Morgan fingerprint density at radius 2 is 0.780 bits per heavy atom. The van der Waals surface area contributed by atoms with Gasteiger partial charge in [-0.2, -0.15) is 0 Å². The Balaban J connectivity index is 2.41. The van der Waals surface area contributed by atoms with Crippen LogP contribution in [0.1, 0.15) is 226 Å². The third-order valence-electron chi connectivity index (χ3n) is 11.2. The molecule has 50 heavy (non-hydrogen) atoms. The molecule has 0 saturated heterocycles. The summed E-state index contributed by atoms with van der Waals surface area (Å²) in [6.45, 7) is 3.35. The molecule has 0 spiro atoms. The number of carbonyl (C=O) groups is 4. The van der Waals surface area contributed by atoms with Crippen molar-refractivity contribution in [2.45, 2.75) is 237 Å². The van der Waals surface area contributed by atoms with Gasteiger partial charge in [-0.05, 0) is 12.8 Å². The maximum atomic E-state index is 13.6. The van der Waals surface area contributed by atoms with Crippen molar-refractivity contribution < 1.29 is 34.5 Å². The van der Waals surface area contributed by atoms with Gasteiger partial charge >= 0.3 is 0 Å². The summed E-state index contributed by atoms with van der Waals surface area (Å²) in [6.07, 6.45) is 32.2. The molecule has 7 nitrogen and oxygen atoms in total. The Kier molecular flexibility index (Phi) is 27.1. The highest BCUT2D eigenvalue weighted by molar-refractivity contribution is 6.30. The van der Waals surface area contributed by atoms with Crippen molar-refractivity contribution in [3.05, 3.63) is 0 Å². The predicted molar refractivity (Wildman–Crippen MR) is 204 cm³/mol. The summed E-state index contributed by atoms with van der Waals surface area (Å²) in [4.78, 5) is 53.6. The van der Waals surface area contributed by atoms with E-state index in [0.29, 0.717) is 12.8 Å². The van der Waals surface area contributed by atoms with Gasteiger partial charge in [0.25, 0.3) is 0 Å². The molecule has 0 amide bonds. The van der Waals surface area contributed by atoms with Crippen LogP contribution in [-0.4, -0.2) is 56.8 Å². The molecule has 2 unspecified atom stereocenters. The van der Waals surface area contributed by atoms with E-state index in [1.165, 1.54) is 128 Å². The quantitative estimate of drug-likeness (QED) is 0.0442. The van der Waals surface area contributed by atoms with E-state index in [1.54, 1.807) is 0 Å². The van der Waals surface area contributed by atoms with Crippen molar-refractivity contribution in [1.29, 1.82) is 0 Å². The van der Waals surface area contributed by atoms with Gasteiger partial charge in [0.15, 0.2) is 40.3 Å². The highest BCUT2D eigenvalue weighted by Crippen LogP contribution is 2.40. The van der Waals surface area contributed by atoms with Crippen LogP contribution < -0.4 is 0 Å². The fourth-order valence-electron chi connectivity index (χ4n) is 7.63. The molecule has 0 aliphatic heterocycles. The number of carbonyl (C=O) groups excluding carboxylic acids is 4. The summed E-state index contributed by atoms with van der Waals surface area (Å²) in [5.74, 6) is -3.42. The van der Waals surface area contributed by atoms with Crippen LogP contribution in [0, 0.1) is 5.41 Å². The molecule has 1 aliphatic rings. The molecule has 1 aliphatic carbocycles. The van der Waals surface area contributed by atoms with Gasteiger partial charge in [-0.15, -0.1) is 0 Å². The number of aliphatic hydroxyl groups excluding tert-OH is 2. The van der Waals surface area contributed by atoms with Crippen molar-refractivity contribution in [2.24, 2.45) is 5.41 Å². The second kappa shape index (κ2) is 29.1. The van der Waals surface area contributed by atoms with Crippen LogP contribution in [0.2, 0.25) is 0 Å². The minimum absolute atomic E-state index is 0.0217. The van der Waals surface area contributed by atoms with Crippen molar-refractivity contribution in [3.8, 4) is 0 Å². The van der Waals surface area contributed by atoms with Gasteiger partial charge in [-0.1, -0.05) is 194 Å². The number of Topliss-reactive ketones (excluding diaryl/α,β-unsaturated/α-hetero) is 4. The second-order valence-corrected chi connectivity index (χ2v) is 15.6. The zero-order valence-electron chi connectivity index (χ0n) is 32.6. The molecule has 1 fully saturated rings. The van der Waals surface area contributed by atoms with Crippen molar-refractivity contribution in [2.75, 3.05) is 6.61 Å². The molecular weight excluding hydrogens is 628 g/mol. The highest BCUT2D eigenvalue weighted by Gasteiger charge is 2.64. The standard InChI is InChI=1S/C43H78O7/c1-3-5-7-9-11-13-15-17-19-21-23-25-27-29-31-33-37(45)42(35-39(47)43(50,36-44)41(49)40(42)48)38(46)34-32-30-28-26-24-22-20-18-16-14-12-10-8-6-4-2/h41,44,49-50H,3-36H2,1-2H3. The molecule has 2 atom stereocenters. The molecule has 0 aromatic carbocycles. The van der Waals surface area contributed by atoms with Crippen LogP contribution in [0.4, 0.5) is 0 Å². The summed E-state index contributed by atoms with van der Waals surface area (Å²) in [5.41, 5.74) is -4.94. The van der Waals surface area contributed by atoms with E-state index < -0.39 is 53.3 Å². The Hall–Kier alpha value is -1.44. The zero-order chi connectivity index (χ0) is 36.9. The fraction of sp³-hybridized carbons (Fsp3) is 0.907. The number of ketones is 4. The van der Waals surface area contributed by atoms with Gasteiger partial charge < -0.3 is 15.3 Å². The molecule has 1 rings (SSSR count). The first kappa shape index (κ1) is 46.6. The zero-order valence-corrected chi connectivity index (χ0v) is 32.6. The van der Waals surface area contributed by atoms with Crippen LogP contribution in [0.5, 0.6) is 0 Å². The minimum Gasteiger partial charge on any atom is -0.393 e. The van der Waals surface area contributed by atoms with Gasteiger partial charge in [0.1, 0.15) is 0 Å². The van der Waals surface area contributed by atoms with E-state index in [4.69, 9.17) is 0 Å². The first-order valence-electron chi connectivity index (χ1n) is 21.4. The third kappa shape index (κ3) is 17.4. The Morgan fingerprint density at radius 3 is 1.04 bits per heavy atom. The maximum absolute atomic E-state index is 13.6. The van der Waals surface area contributed by atoms with Crippen LogP contribution >= 0.6 is 0 Å². The van der Waals surface area contributed by atoms with E-state index in [9.17, 15) is 34.5 Å². The monoisotopic (exact) mass is 707 g/mol. The molecule has 7 heteroatoms. The van der Waals surface area contributed by atoms with E-state index in [2.05, 4.69) is 13.8 Å². The molecule has 292 valence electrons. The summed E-state index contributed by atoms with van der Waals surface area (Å²) >= 11 is 0. The van der Waals surface area contributed by atoms with Gasteiger partial charge in [-0.25, -0.2) is 0 Å².